The van der Waals surface area contributed by atoms with Gasteiger partial charge < -0.3 is 14.8 Å². The number of hydrogen-bond acceptors (Lipinski definition) is 3. The van der Waals surface area contributed by atoms with Gasteiger partial charge in [0.1, 0.15) is 0 Å². The molecule has 0 aliphatic heterocycles. The summed E-state index contributed by atoms with van der Waals surface area (Å²) in [6, 6.07) is 15.4. The maximum atomic E-state index is 11.9. The molecular weight excluding hydrogens is 290 g/mol. The quantitative estimate of drug-likeness (QED) is 0.797. The van der Waals surface area contributed by atoms with Gasteiger partial charge in [-0.3, -0.25) is 4.79 Å². The van der Waals surface area contributed by atoms with Crippen molar-refractivity contribution in [2.24, 2.45) is 0 Å². The molecule has 0 unspecified atom stereocenters. The molecule has 0 radical (unpaired) electrons. The normalized spacial score (nSPS) is 10.5. The molecule has 1 amide bonds. The predicted molar refractivity (Wildman–Crippen MR) is 91.5 cm³/mol. The smallest absolute Gasteiger partial charge is 0.244 e. The molecule has 0 saturated carbocycles. The van der Waals surface area contributed by atoms with Gasteiger partial charge in [0.2, 0.25) is 5.91 Å². The molecule has 120 valence electrons. The number of carbonyl (C=O) groups excluding carboxylic acids is 1. The summed E-state index contributed by atoms with van der Waals surface area (Å²) in [4.78, 5) is 11.9. The molecule has 0 atom stereocenters. The third-order valence-electron chi connectivity index (χ3n) is 3.22. The molecule has 0 bridgehead atoms. The van der Waals surface area contributed by atoms with E-state index < -0.39 is 0 Å². The van der Waals surface area contributed by atoms with Crippen molar-refractivity contribution in [2.45, 2.75) is 13.5 Å². The molecule has 0 aromatic heterocycles. The van der Waals surface area contributed by atoms with Gasteiger partial charge in [0, 0.05) is 12.6 Å². The average Bonchev–Trinajstić information content (AvgIpc) is 2.60. The third kappa shape index (κ3) is 5.18. The van der Waals surface area contributed by atoms with Gasteiger partial charge in [-0.2, -0.15) is 0 Å². The van der Waals surface area contributed by atoms with E-state index in [-0.39, 0.29) is 5.91 Å². The predicted octanol–water partition coefficient (Wildman–Crippen LogP) is 3.42. The van der Waals surface area contributed by atoms with E-state index in [9.17, 15) is 4.79 Å². The number of ether oxygens (including phenoxy) is 2. The zero-order chi connectivity index (χ0) is 16.5. The zero-order valence-corrected chi connectivity index (χ0v) is 13.4. The van der Waals surface area contributed by atoms with E-state index in [1.54, 1.807) is 13.2 Å². The lowest BCUT2D eigenvalue weighted by atomic mass is 10.2. The van der Waals surface area contributed by atoms with Crippen molar-refractivity contribution >= 4 is 12.0 Å². The first kappa shape index (κ1) is 16.6. The first-order valence-electron chi connectivity index (χ1n) is 7.53. The highest BCUT2D eigenvalue weighted by atomic mass is 16.5. The molecule has 2 aromatic carbocycles. The average molecular weight is 311 g/mol. The Morgan fingerprint density at radius 1 is 1.13 bits per heavy atom. The van der Waals surface area contributed by atoms with E-state index >= 15 is 0 Å². The lowest BCUT2D eigenvalue weighted by Crippen LogP contribution is -2.20. The summed E-state index contributed by atoms with van der Waals surface area (Å²) in [6.45, 7) is 3.01. The highest BCUT2D eigenvalue weighted by molar-refractivity contribution is 5.91. The summed E-state index contributed by atoms with van der Waals surface area (Å²) in [5, 5.41) is 2.85. The Bertz CT molecular complexity index is 666. The Morgan fingerprint density at radius 2 is 1.91 bits per heavy atom. The molecule has 0 heterocycles. The summed E-state index contributed by atoms with van der Waals surface area (Å²) in [5.74, 6) is 1.21. The minimum atomic E-state index is -0.137. The van der Waals surface area contributed by atoms with E-state index in [1.165, 1.54) is 6.08 Å². The molecule has 0 aliphatic rings. The molecular formula is C19H21NO3. The fraction of sp³-hybridized carbons (Fsp3) is 0.211. The maximum Gasteiger partial charge on any atom is 0.244 e. The topological polar surface area (TPSA) is 47.6 Å². The van der Waals surface area contributed by atoms with Crippen LogP contribution in [-0.2, 0) is 11.3 Å². The zero-order valence-electron chi connectivity index (χ0n) is 13.4. The maximum absolute atomic E-state index is 11.9. The Kier molecular flexibility index (Phi) is 6.24. The highest BCUT2D eigenvalue weighted by Gasteiger charge is 2.04. The summed E-state index contributed by atoms with van der Waals surface area (Å²) < 4.78 is 10.8. The Balaban J connectivity index is 1.95. The minimum Gasteiger partial charge on any atom is -0.493 e. The SMILES string of the molecule is CCOc1ccc(C=CC(=O)NCc2ccccc2)cc1OC. The standard InChI is InChI=1S/C19H21NO3/c1-3-23-17-11-9-15(13-18(17)22-2)10-12-19(21)20-14-16-7-5-4-6-8-16/h4-13H,3,14H2,1-2H3,(H,20,21). The van der Waals surface area contributed by atoms with Crippen molar-refractivity contribution in [2.75, 3.05) is 13.7 Å². The van der Waals surface area contributed by atoms with Crippen LogP contribution in [0.3, 0.4) is 0 Å². The van der Waals surface area contributed by atoms with Crippen molar-refractivity contribution in [3.8, 4) is 11.5 Å². The first-order valence-corrected chi connectivity index (χ1v) is 7.53. The van der Waals surface area contributed by atoms with E-state index in [4.69, 9.17) is 9.47 Å². The summed E-state index contributed by atoms with van der Waals surface area (Å²) in [6.07, 6.45) is 3.26. The summed E-state index contributed by atoms with van der Waals surface area (Å²) >= 11 is 0. The summed E-state index contributed by atoms with van der Waals surface area (Å²) in [7, 11) is 1.60. The Hall–Kier alpha value is -2.75. The van der Waals surface area contributed by atoms with Crippen molar-refractivity contribution in [3.63, 3.8) is 0 Å². The number of amides is 1. The Morgan fingerprint density at radius 3 is 2.61 bits per heavy atom. The number of hydrogen-bond donors (Lipinski definition) is 1. The van der Waals surface area contributed by atoms with Gasteiger partial charge in [-0.1, -0.05) is 36.4 Å². The van der Waals surface area contributed by atoms with Crippen LogP contribution in [0, 0.1) is 0 Å². The largest absolute Gasteiger partial charge is 0.493 e. The molecule has 0 fully saturated rings. The van der Waals surface area contributed by atoms with Crippen LogP contribution in [0.2, 0.25) is 0 Å². The van der Waals surface area contributed by atoms with Gasteiger partial charge in [-0.25, -0.2) is 0 Å². The van der Waals surface area contributed by atoms with Crippen LogP contribution in [0.5, 0.6) is 11.5 Å². The number of methoxy groups -OCH3 is 1. The Labute approximate surface area is 136 Å². The van der Waals surface area contributed by atoms with E-state index in [1.807, 2.05) is 55.5 Å². The number of benzene rings is 2. The van der Waals surface area contributed by atoms with Gasteiger partial charge in [0.15, 0.2) is 11.5 Å². The molecule has 4 heteroatoms. The van der Waals surface area contributed by atoms with Gasteiger partial charge in [0.25, 0.3) is 0 Å². The van der Waals surface area contributed by atoms with E-state index in [0.29, 0.717) is 24.7 Å². The van der Waals surface area contributed by atoms with Crippen LogP contribution in [0.4, 0.5) is 0 Å². The van der Waals surface area contributed by atoms with Gasteiger partial charge in [-0.05, 0) is 36.3 Å². The summed E-state index contributed by atoms with van der Waals surface area (Å²) in [5.41, 5.74) is 1.94. The number of rotatable bonds is 7. The molecule has 0 aliphatic carbocycles. The van der Waals surface area contributed by atoms with Crippen LogP contribution in [-0.4, -0.2) is 19.6 Å². The molecule has 0 spiro atoms. The first-order chi connectivity index (χ1) is 11.2. The molecule has 0 saturated heterocycles. The lowest BCUT2D eigenvalue weighted by Gasteiger charge is -2.09. The number of carbonyl (C=O) groups is 1. The van der Waals surface area contributed by atoms with Gasteiger partial charge in [0.05, 0.1) is 13.7 Å². The van der Waals surface area contributed by atoms with Crippen molar-refractivity contribution in [1.29, 1.82) is 0 Å². The van der Waals surface area contributed by atoms with E-state index in [2.05, 4.69) is 5.32 Å². The third-order valence-corrected chi connectivity index (χ3v) is 3.22. The highest BCUT2D eigenvalue weighted by Crippen LogP contribution is 2.28. The van der Waals surface area contributed by atoms with E-state index in [0.717, 1.165) is 11.1 Å². The second kappa shape index (κ2) is 8.63. The molecule has 4 nitrogen and oxygen atoms in total. The van der Waals surface area contributed by atoms with Crippen LogP contribution in [0.1, 0.15) is 18.1 Å². The minimum absolute atomic E-state index is 0.137. The molecule has 23 heavy (non-hydrogen) atoms. The van der Waals surface area contributed by atoms with Gasteiger partial charge >= 0.3 is 0 Å². The van der Waals surface area contributed by atoms with Crippen LogP contribution < -0.4 is 14.8 Å². The molecule has 2 rings (SSSR count). The fourth-order valence-corrected chi connectivity index (χ4v) is 2.08. The van der Waals surface area contributed by atoms with Crippen LogP contribution >= 0.6 is 0 Å². The van der Waals surface area contributed by atoms with Crippen LogP contribution in [0.25, 0.3) is 6.08 Å². The monoisotopic (exact) mass is 311 g/mol. The van der Waals surface area contributed by atoms with Crippen molar-refractivity contribution in [3.05, 3.63) is 65.7 Å². The second-order valence-electron chi connectivity index (χ2n) is 4.88. The fourth-order valence-electron chi connectivity index (χ4n) is 2.08. The molecule has 1 N–H and O–H groups in total. The number of nitrogens with one attached hydrogen (secondary N) is 1. The van der Waals surface area contributed by atoms with Gasteiger partial charge in [-0.15, -0.1) is 0 Å². The van der Waals surface area contributed by atoms with Crippen molar-refractivity contribution in [1.82, 2.24) is 5.32 Å². The van der Waals surface area contributed by atoms with Crippen molar-refractivity contribution < 1.29 is 14.3 Å². The van der Waals surface area contributed by atoms with Crippen LogP contribution in [0.15, 0.2) is 54.6 Å². The lowest BCUT2D eigenvalue weighted by molar-refractivity contribution is -0.116. The molecule has 2 aromatic rings. The second-order valence-corrected chi connectivity index (χ2v) is 4.88.